The molecule has 0 radical (unpaired) electrons. The van der Waals surface area contributed by atoms with E-state index in [-0.39, 0.29) is 17.4 Å². The second-order valence-corrected chi connectivity index (χ2v) is 11.4. The van der Waals surface area contributed by atoms with Crippen LogP contribution in [-0.2, 0) is 30.5 Å². The zero-order valence-corrected chi connectivity index (χ0v) is 24.0. The lowest BCUT2D eigenvalue weighted by molar-refractivity contribution is -0.138. The fourth-order valence-electron chi connectivity index (χ4n) is 3.96. The normalized spacial score (nSPS) is 14.0. The minimum Gasteiger partial charge on any atom is -0.484 e. The molecule has 43 heavy (non-hydrogen) atoms. The van der Waals surface area contributed by atoms with Gasteiger partial charge in [-0.25, -0.2) is 13.8 Å². The molecular weight excluding hydrogens is 613 g/mol. The van der Waals surface area contributed by atoms with E-state index in [0.29, 0.717) is 48.0 Å². The van der Waals surface area contributed by atoms with Gasteiger partial charge in [0.25, 0.3) is 21.8 Å². The summed E-state index contributed by atoms with van der Waals surface area (Å²) in [6.07, 6.45) is -3.58. The first-order valence-corrected chi connectivity index (χ1v) is 14.6. The van der Waals surface area contributed by atoms with Gasteiger partial charge >= 0.3 is 6.18 Å². The van der Waals surface area contributed by atoms with Gasteiger partial charge in [-0.3, -0.25) is 13.9 Å². The van der Waals surface area contributed by atoms with Crippen LogP contribution in [0, 0.1) is 0 Å². The highest BCUT2D eigenvalue weighted by Crippen LogP contribution is 2.38. The third-order valence-corrected chi connectivity index (χ3v) is 8.29. The number of sulfonamides is 1. The number of alkyl halides is 3. The maximum absolute atomic E-state index is 13.5. The van der Waals surface area contributed by atoms with Crippen LogP contribution in [0.5, 0.6) is 5.75 Å². The number of halogens is 4. The lowest BCUT2D eigenvalue weighted by atomic mass is 10.2. The molecule has 1 aliphatic heterocycles. The van der Waals surface area contributed by atoms with E-state index < -0.39 is 44.9 Å². The Kier molecular flexibility index (Phi) is 10.3. The highest BCUT2D eigenvalue weighted by atomic mass is 35.5. The number of morpholine rings is 1. The first-order valence-electron chi connectivity index (χ1n) is 12.8. The largest absolute Gasteiger partial charge is 0.484 e. The molecule has 1 N–H and O–H groups in total. The molecular formula is C28H26ClF3N4O6S. The Morgan fingerprint density at radius 3 is 2.37 bits per heavy atom. The van der Waals surface area contributed by atoms with Crippen molar-refractivity contribution in [3.05, 3.63) is 88.9 Å². The molecule has 2 amide bonds. The molecule has 0 saturated carbocycles. The van der Waals surface area contributed by atoms with E-state index in [4.69, 9.17) is 21.1 Å². The van der Waals surface area contributed by atoms with Crippen molar-refractivity contribution in [2.24, 2.45) is 5.10 Å². The van der Waals surface area contributed by atoms with Crippen LogP contribution in [0.4, 0.5) is 18.9 Å². The number of nitrogens with zero attached hydrogens (tertiary/aromatic N) is 3. The van der Waals surface area contributed by atoms with E-state index in [1.807, 2.05) is 0 Å². The van der Waals surface area contributed by atoms with Gasteiger partial charge in [-0.2, -0.15) is 18.3 Å². The lowest BCUT2D eigenvalue weighted by Gasteiger charge is -2.26. The van der Waals surface area contributed by atoms with Crippen molar-refractivity contribution in [2.75, 3.05) is 43.8 Å². The van der Waals surface area contributed by atoms with Crippen molar-refractivity contribution >= 4 is 45.3 Å². The molecule has 0 aliphatic carbocycles. The van der Waals surface area contributed by atoms with Gasteiger partial charge in [0.2, 0.25) is 0 Å². The van der Waals surface area contributed by atoms with E-state index in [2.05, 4.69) is 10.5 Å². The van der Waals surface area contributed by atoms with Crippen molar-refractivity contribution in [3.8, 4) is 5.75 Å². The molecule has 0 aromatic heterocycles. The molecule has 0 unspecified atom stereocenters. The standard InChI is InChI=1S/C28H26ClF3N4O6S/c29-25-11-8-21(16-24(25)28(30,31)32)36(43(39,40)23-4-2-1-3-5-23)18-26(37)34-33-17-20-6-9-22(10-7-20)42-19-27(38)35-12-14-41-15-13-35/h1-11,16-17H,12-15,18-19H2,(H,34,37). The summed E-state index contributed by atoms with van der Waals surface area (Å²) in [7, 11) is -4.46. The van der Waals surface area contributed by atoms with Crippen molar-refractivity contribution in [3.63, 3.8) is 0 Å². The van der Waals surface area contributed by atoms with Crippen LogP contribution in [0.25, 0.3) is 0 Å². The summed E-state index contributed by atoms with van der Waals surface area (Å²) in [5, 5.41) is 3.20. The molecule has 1 heterocycles. The highest BCUT2D eigenvalue weighted by molar-refractivity contribution is 7.92. The number of nitrogens with one attached hydrogen (secondary N) is 1. The molecule has 0 atom stereocenters. The summed E-state index contributed by atoms with van der Waals surface area (Å²) in [4.78, 5) is 26.4. The maximum Gasteiger partial charge on any atom is 0.417 e. The van der Waals surface area contributed by atoms with Crippen LogP contribution >= 0.6 is 11.6 Å². The van der Waals surface area contributed by atoms with Gasteiger partial charge < -0.3 is 14.4 Å². The minimum atomic E-state index is -4.86. The van der Waals surface area contributed by atoms with Crippen LogP contribution in [0.3, 0.4) is 0 Å². The highest BCUT2D eigenvalue weighted by Gasteiger charge is 2.35. The number of anilines is 1. The molecule has 3 aromatic carbocycles. The molecule has 0 spiro atoms. The number of rotatable bonds is 10. The smallest absolute Gasteiger partial charge is 0.417 e. The Labute approximate surface area is 250 Å². The first-order chi connectivity index (χ1) is 20.4. The predicted molar refractivity (Wildman–Crippen MR) is 153 cm³/mol. The Hall–Kier alpha value is -4.14. The number of hydrogen-bond acceptors (Lipinski definition) is 7. The number of hydrazone groups is 1. The summed E-state index contributed by atoms with van der Waals surface area (Å²) >= 11 is 5.71. The second-order valence-electron chi connectivity index (χ2n) is 9.13. The Morgan fingerprint density at radius 1 is 1.05 bits per heavy atom. The minimum absolute atomic E-state index is 0.135. The average molecular weight is 639 g/mol. The molecule has 0 bridgehead atoms. The third kappa shape index (κ3) is 8.46. The van der Waals surface area contributed by atoms with Gasteiger partial charge in [0.05, 0.1) is 40.6 Å². The quantitative estimate of drug-likeness (QED) is 0.266. The summed E-state index contributed by atoms with van der Waals surface area (Å²) in [5.74, 6) is -0.639. The van der Waals surface area contributed by atoms with E-state index in [1.54, 1.807) is 35.2 Å². The van der Waals surface area contributed by atoms with E-state index in [1.165, 1.54) is 30.5 Å². The van der Waals surface area contributed by atoms with Crippen LogP contribution in [-0.4, -0.2) is 70.8 Å². The zero-order chi connectivity index (χ0) is 31.0. The van der Waals surface area contributed by atoms with E-state index in [0.717, 1.165) is 12.1 Å². The van der Waals surface area contributed by atoms with E-state index in [9.17, 15) is 31.2 Å². The number of hydrogen-bond donors (Lipinski definition) is 1. The maximum atomic E-state index is 13.5. The van der Waals surface area contributed by atoms with Crippen molar-refractivity contribution in [1.29, 1.82) is 0 Å². The number of amides is 2. The number of carbonyl (C=O) groups excluding carboxylic acids is 2. The first kappa shape index (κ1) is 31.8. The van der Waals surface area contributed by atoms with Gasteiger partial charge in [-0.15, -0.1) is 0 Å². The number of carbonyl (C=O) groups is 2. The molecule has 10 nitrogen and oxygen atoms in total. The van der Waals surface area contributed by atoms with Gasteiger partial charge in [0.1, 0.15) is 12.3 Å². The summed E-state index contributed by atoms with van der Waals surface area (Å²) in [5.41, 5.74) is 1.05. The Morgan fingerprint density at radius 2 is 1.72 bits per heavy atom. The monoisotopic (exact) mass is 638 g/mol. The van der Waals surface area contributed by atoms with Crippen molar-refractivity contribution in [2.45, 2.75) is 11.1 Å². The molecule has 4 rings (SSSR count). The Bertz CT molecular complexity index is 1570. The topological polar surface area (TPSA) is 118 Å². The van der Waals surface area contributed by atoms with Crippen molar-refractivity contribution in [1.82, 2.24) is 10.3 Å². The van der Waals surface area contributed by atoms with Crippen LogP contribution in [0.15, 0.2) is 82.8 Å². The molecule has 1 aliphatic rings. The average Bonchev–Trinajstić information content (AvgIpc) is 3.00. The lowest BCUT2D eigenvalue weighted by Crippen LogP contribution is -2.42. The van der Waals surface area contributed by atoms with Crippen molar-refractivity contribution < 1.29 is 40.7 Å². The fraction of sp³-hybridized carbons (Fsp3) is 0.250. The van der Waals surface area contributed by atoms with E-state index >= 15 is 0 Å². The summed E-state index contributed by atoms with van der Waals surface area (Å²) in [6.45, 7) is 0.969. The SMILES string of the molecule is O=C(CN(c1ccc(Cl)c(C(F)(F)F)c1)S(=O)(=O)c1ccccc1)NN=Cc1ccc(OCC(=O)N2CCOCC2)cc1. The number of ether oxygens (including phenoxy) is 2. The van der Waals surface area contributed by atoms with Crippen LogP contribution in [0.2, 0.25) is 5.02 Å². The molecule has 228 valence electrons. The van der Waals surface area contributed by atoms with Gasteiger partial charge in [-0.05, 0) is 60.2 Å². The fourth-order valence-corrected chi connectivity index (χ4v) is 5.62. The molecule has 1 saturated heterocycles. The van der Waals surface area contributed by atoms with Gasteiger partial charge in [0.15, 0.2) is 6.61 Å². The zero-order valence-electron chi connectivity index (χ0n) is 22.5. The van der Waals surface area contributed by atoms with Crippen LogP contribution < -0.4 is 14.5 Å². The predicted octanol–water partition coefficient (Wildman–Crippen LogP) is 3.94. The molecule has 3 aromatic rings. The number of benzene rings is 3. The molecule has 1 fully saturated rings. The Balaban J connectivity index is 1.43. The third-order valence-electron chi connectivity index (χ3n) is 6.17. The summed E-state index contributed by atoms with van der Waals surface area (Å²) < 4.78 is 78.6. The second kappa shape index (κ2) is 13.9. The van der Waals surface area contributed by atoms with Gasteiger partial charge in [-0.1, -0.05) is 29.8 Å². The van der Waals surface area contributed by atoms with Crippen LogP contribution in [0.1, 0.15) is 11.1 Å². The summed E-state index contributed by atoms with van der Waals surface area (Å²) in [6, 6.07) is 15.9. The van der Waals surface area contributed by atoms with Gasteiger partial charge in [0, 0.05) is 13.1 Å². The molecule has 15 heteroatoms.